The molecule has 5 heteroatoms. The van der Waals surface area contributed by atoms with Crippen molar-refractivity contribution in [3.05, 3.63) is 43.0 Å². The van der Waals surface area contributed by atoms with Crippen LogP contribution in [-0.4, -0.2) is 21.5 Å². The fourth-order valence-electron chi connectivity index (χ4n) is 2.75. The number of para-hydroxylation sites is 2. The molecule has 1 aromatic carbocycles. The number of carbonyl (C=O) groups excluding carboxylic acids is 1. The second kappa shape index (κ2) is 5.46. The maximum atomic E-state index is 12.3. The molecule has 1 saturated carbocycles. The normalized spacial score (nSPS) is 21.9. The van der Waals surface area contributed by atoms with Gasteiger partial charge in [-0.25, -0.2) is 4.98 Å². The summed E-state index contributed by atoms with van der Waals surface area (Å²) >= 11 is 0. The molecular weight excluding hydrogens is 252 g/mol. The van der Waals surface area contributed by atoms with Gasteiger partial charge < -0.3 is 15.6 Å². The molecule has 2 aromatic rings. The van der Waals surface area contributed by atoms with Crippen LogP contribution in [0.15, 0.2) is 43.0 Å². The first-order chi connectivity index (χ1) is 9.75. The number of hydrogen-bond acceptors (Lipinski definition) is 3. The molecular formula is C15H18N4O. The zero-order chi connectivity index (χ0) is 13.9. The zero-order valence-electron chi connectivity index (χ0n) is 11.2. The van der Waals surface area contributed by atoms with Gasteiger partial charge in [-0.1, -0.05) is 18.6 Å². The van der Waals surface area contributed by atoms with Crippen LogP contribution in [0.5, 0.6) is 0 Å². The van der Waals surface area contributed by atoms with Gasteiger partial charge in [-0.15, -0.1) is 0 Å². The van der Waals surface area contributed by atoms with Crippen molar-refractivity contribution in [1.29, 1.82) is 0 Å². The van der Waals surface area contributed by atoms with Crippen molar-refractivity contribution in [2.75, 3.05) is 5.32 Å². The Morgan fingerprint density at radius 1 is 1.35 bits per heavy atom. The predicted molar refractivity (Wildman–Crippen MR) is 77.5 cm³/mol. The van der Waals surface area contributed by atoms with Crippen molar-refractivity contribution in [2.24, 2.45) is 11.7 Å². The van der Waals surface area contributed by atoms with Crippen LogP contribution in [0.1, 0.15) is 19.3 Å². The number of nitrogens with zero attached hydrogens (tertiary/aromatic N) is 2. The molecule has 2 unspecified atom stereocenters. The minimum Gasteiger partial charge on any atom is -0.327 e. The standard InChI is InChI=1S/C15H18N4O/c16-12-5-3-4-11(12)15(20)18-13-6-1-2-7-14(13)19-9-8-17-10-19/h1-2,6-12H,3-5,16H2,(H,18,20). The molecule has 104 valence electrons. The van der Waals surface area contributed by atoms with Gasteiger partial charge in [-0.3, -0.25) is 4.79 Å². The molecule has 0 aliphatic heterocycles. The minimum absolute atomic E-state index is 0.0163. The minimum atomic E-state index is -0.0779. The van der Waals surface area contributed by atoms with Gasteiger partial charge in [-0.05, 0) is 25.0 Å². The molecule has 0 bridgehead atoms. The first-order valence-corrected chi connectivity index (χ1v) is 6.89. The SMILES string of the molecule is NC1CCCC1C(=O)Nc1ccccc1-n1ccnc1. The van der Waals surface area contributed by atoms with E-state index in [1.54, 1.807) is 12.5 Å². The van der Waals surface area contributed by atoms with Gasteiger partial charge in [0.15, 0.2) is 0 Å². The fourth-order valence-corrected chi connectivity index (χ4v) is 2.75. The summed E-state index contributed by atoms with van der Waals surface area (Å²) in [6.07, 6.45) is 8.12. The van der Waals surface area contributed by atoms with Crippen molar-refractivity contribution in [3.63, 3.8) is 0 Å². The molecule has 0 saturated heterocycles. The maximum Gasteiger partial charge on any atom is 0.229 e. The summed E-state index contributed by atoms with van der Waals surface area (Å²) < 4.78 is 1.88. The van der Waals surface area contributed by atoms with E-state index in [1.807, 2.05) is 35.0 Å². The highest BCUT2D eigenvalue weighted by molar-refractivity contribution is 5.95. The summed E-state index contributed by atoms with van der Waals surface area (Å²) in [4.78, 5) is 16.4. The van der Waals surface area contributed by atoms with Crippen LogP contribution >= 0.6 is 0 Å². The third kappa shape index (κ3) is 2.44. The number of rotatable bonds is 3. The number of benzene rings is 1. The van der Waals surface area contributed by atoms with Crippen LogP contribution in [0.25, 0.3) is 5.69 Å². The predicted octanol–water partition coefficient (Wildman–Crippen LogP) is 1.94. The van der Waals surface area contributed by atoms with Gasteiger partial charge >= 0.3 is 0 Å². The van der Waals surface area contributed by atoms with E-state index >= 15 is 0 Å². The third-order valence-corrected chi connectivity index (χ3v) is 3.85. The first-order valence-electron chi connectivity index (χ1n) is 6.89. The number of nitrogens with two attached hydrogens (primary N) is 1. The van der Waals surface area contributed by atoms with E-state index in [0.29, 0.717) is 0 Å². The van der Waals surface area contributed by atoms with Crippen molar-refractivity contribution >= 4 is 11.6 Å². The van der Waals surface area contributed by atoms with Gasteiger partial charge in [-0.2, -0.15) is 0 Å². The molecule has 3 N–H and O–H groups in total. The number of nitrogens with one attached hydrogen (secondary N) is 1. The number of amides is 1. The lowest BCUT2D eigenvalue weighted by Crippen LogP contribution is -2.34. The van der Waals surface area contributed by atoms with Crippen molar-refractivity contribution in [2.45, 2.75) is 25.3 Å². The number of imidazole rings is 1. The second-order valence-corrected chi connectivity index (χ2v) is 5.18. The molecule has 3 rings (SSSR count). The fraction of sp³-hybridized carbons (Fsp3) is 0.333. The lowest BCUT2D eigenvalue weighted by atomic mass is 10.0. The van der Waals surface area contributed by atoms with Crippen LogP contribution in [0.3, 0.4) is 0 Å². The van der Waals surface area contributed by atoms with Crippen molar-refractivity contribution in [1.82, 2.24) is 9.55 Å². The van der Waals surface area contributed by atoms with Crippen molar-refractivity contribution < 1.29 is 4.79 Å². The number of carbonyl (C=O) groups is 1. The van der Waals surface area contributed by atoms with Gasteiger partial charge in [0, 0.05) is 18.4 Å². The Kier molecular flexibility index (Phi) is 3.52. The molecule has 20 heavy (non-hydrogen) atoms. The smallest absolute Gasteiger partial charge is 0.229 e. The molecule has 1 heterocycles. The second-order valence-electron chi connectivity index (χ2n) is 5.18. The molecule has 0 spiro atoms. The highest BCUT2D eigenvalue weighted by Gasteiger charge is 2.30. The largest absolute Gasteiger partial charge is 0.327 e. The highest BCUT2D eigenvalue weighted by Crippen LogP contribution is 2.27. The van der Waals surface area contributed by atoms with Crippen LogP contribution in [0, 0.1) is 5.92 Å². The average Bonchev–Trinajstić information content (AvgIpc) is 3.10. The summed E-state index contributed by atoms with van der Waals surface area (Å²) in [6, 6.07) is 7.67. The summed E-state index contributed by atoms with van der Waals surface area (Å²) in [5.41, 5.74) is 7.68. The Hall–Kier alpha value is -2.14. The zero-order valence-corrected chi connectivity index (χ0v) is 11.2. The monoisotopic (exact) mass is 270 g/mol. The lowest BCUT2D eigenvalue weighted by Gasteiger charge is -2.17. The van der Waals surface area contributed by atoms with E-state index in [-0.39, 0.29) is 17.9 Å². The average molecular weight is 270 g/mol. The van der Waals surface area contributed by atoms with Gasteiger partial charge in [0.2, 0.25) is 5.91 Å². The van der Waals surface area contributed by atoms with Crippen molar-refractivity contribution in [3.8, 4) is 5.69 Å². The van der Waals surface area contributed by atoms with E-state index < -0.39 is 0 Å². The molecule has 1 aliphatic rings. The molecule has 1 aromatic heterocycles. The van der Waals surface area contributed by atoms with E-state index in [0.717, 1.165) is 30.6 Å². The van der Waals surface area contributed by atoms with Crippen LogP contribution < -0.4 is 11.1 Å². The summed E-state index contributed by atoms with van der Waals surface area (Å²) in [5, 5.41) is 3.00. The lowest BCUT2D eigenvalue weighted by molar-refractivity contribution is -0.120. The molecule has 1 amide bonds. The Morgan fingerprint density at radius 3 is 2.90 bits per heavy atom. The highest BCUT2D eigenvalue weighted by atomic mass is 16.1. The Labute approximate surface area is 117 Å². The molecule has 1 aliphatic carbocycles. The van der Waals surface area contributed by atoms with E-state index in [4.69, 9.17) is 5.73 Å². The summed E-state index contributed by atoms with van der Waals surface area (Å²) in [6.45, 7) is 0. The molecule has 1 fully saturated rings. The van der Waals surface area contributed by atoms with Crippen LogP contribution in [-0.2, 0) is 4.79 Å². The molecule has 2 atom stereocenters. The van der Waals surface area contributed by atoms with E-state index in [9.17, 15) is 4.79 Å². The summed E-state index contributed by atoms with van der Waals surface area (Å²) in [5.74, 6) is -0.0617. The topological polar surface area (TPSA) is 72.9 Å². The number of hydrogen-bond donors (Lipinski definition) is 2. The van der Waals surface area contributed by atoms with E-state index in [1.165, 1.54) is 0 Å². The van der Waals surface area contributed by atoms with Gasteiger partial charge in [0.25, 0.3) is 0 Å². The van der Waals surface area contributed by atoms with Gasteiger partial charge in [0.1, 0.15) is 0 Å². The van der Waals surface area contributed by atoms with E-state index in [2.05, 4.69) is 10.3 Å². The summed E-state index contributed by atoms with van der Waals surface area (Å²) in [7, 11) is 0. The van der Waals surface area contributed by atoms with Crippen LogP contribution in [0.2, 0.25) is 0 Å². The van der Waals surface area contributed by atoms with Gasteiger partial charge in [0.05, 0.1) is 23.6 Å². The Balaban J connectivity index is 1.83. The maximum absolute atomic E-state index is 12.3. The third-order valence-electron chi connectivity index (χ3n) is 3.85. The van der Waals surface area contributed by atoms with Crippen LogP contribution in [0.4, 0.5) is 5.69 Å². The Morgan fingerprint density at radius 2 is 2.20 bits per heavy atom. The molecule has 5 nitrogen and oxygen atoms in total. The Bertz CT molecular complexity index is 594. The number of anilines is 1. The first kappa shape index (κ1) is 12.9. The quantitative estimate of drug-likeness (QED) is 0.895. The molecule has 0 radical (unpaired) electrons. The number of aromatic nitrogens is 2.